The summed E-state index contributed by atoms with van der Waals surface area (Å²) >= 11 is 0. The molecule has 1 amide bonds. The number of rotatable bonds is 8. The standard InChI is InChI=1S/C21H31BN3O/c1-14(16(3)24-10-21(23)26)11-25-12-17(13-25)8-19-5-4-18-6-7-22-9-20(18)15(19)2/h4-5,14,17,24H,3,6-13H2,1-2H3,(H2,23,26). The molecule has 26 heavy (non-hydrogen) atoms. The molecule has 0 bridgehead atoms. The maximum atomic E-state index is 10.9. The van der Waals surface area contributed by atoms with Gasteiger partial charge in [-0.05, 0) is 47.9 Å². The van der Waals surface area contributed by atoms with Gasteiger partial charge in [0.15, 0.2) is 0 Å². The normalized spacial score (nSPS) is 18.4. The largest absolute Gasteiger partial charge is 0.380 e. The first kappa shape index (κ1) is 19.0. The third kappa shape index (κ3) is 4.50. The first-order chi connectivity index (χ1) is 12.4. The highest BCUT2D eigenvalue weighted by atomic mass is 16.1. The van der Waals surface area contributed by atoms with Gasteiger partial charge in [0.2, 0.25) is 5.91 Å². The van der Waals surface area contributed by atoms with E-state index in [0.717, 1.165) is 37.6 Å². The van der Waals surface area contributed by atoms with Gasteiger partial charge in [-0.15, -0.1) is 0 Å². The van der Waals surface area contributed by atoms with E-state index in [0.29, 0.717) is 5.92 Å². The highest BCUT2D eigenvalue weighted by Gasteiger charge is 2.29. The fourth-order valence-corrected chi connectivity index (χ4v) is 4.24. The number of likely N-dealkylation sites (tertiary alicyclic amines) is 1. The van der Waals surface area contributed by atoms with Crippen molar-refractivity contribution in [1.29, 1.82) is 0 Å². The van der Waals surface area contributed by atoms with Gasteiger partial charge in [-0.1, -0.05) is 38.3 Å². The van der Waals surface area contributed by atoms with Gasteiger partial charge in [-0.25, -0.2) is 0 Å². The second-order valence-corrected chi connectivity index (χ2v) is 8.05. The van der Waals surface area contributed by atoms with Crippen LogP contribution >= 0.6 is 0 Å². The van der Waals surface area contributed by atoms with Crippen molar-refractivity contribution >= 4 is 13.2 Å². The Morgan fingerprint density at radius 2 is 2.23 bits per heavy atom. The van der Waals surface area contributed by atoms with Crippen molar-refractivity contribution in [2.24, 2.45) is 17.6 Å². The van der Waals surface area contributed by atoms with Crippen molar-refractivity contribution in [2.45, 2.75) is 39.3 Å². The number of fused-ring (bicyclic) bond motifs is 1. The molecule has 3 rings (SSSR count). The molecule has 0 aromatic heterocycles. The SMILES string of the molecule is C=C(NCC(N)=O)C(C)CN1CC(Cc2ccc3c(c2C)C[B]CC3)C1. The third-order valence-electron chi connectivity index (χ3n) is 5.93. The molecule has 1 saturated heterocycles. The van der Waals surface area contributed by atoms with Crippen LogP contribution < -0.4 is 11.1 Å². The van der Waals surface area contributed by atoms with Crippen LogP contribution in [0, 0.1) is 18.8 Å². The Morgan fingerprint density at radius 1 is 1.46 bits per heavy atom. The van der Waals surface area contributed by atoms with Crippen molar-refractivity contribution in [3.8, 4) is 0 Å². The molecule has 2 aliphatic heterocycles. The maximum Gasteiger partial charge on any atom is 0.236 e. The smallest absolute Gasteiger partial charge is 0.236 e. The molecule has 1 atom stereocenters. The fraction of sp³-hybridized carbons (Fsp3) is 0.571. The summed E-state index contributed by atoms with van der Waals surface area (Å²) in [6.07, 6.45) is 4.76. The van der Waals surface area contributed by atoms with E-state index in [4.69, 9.17) is 5.73 Å². The predicted octanol–water partition coefficient (Wildman–Crippen LogP) is 1.87. The van der Waals surface area contributed by atoms with Gasteiger partial charge in [0, 0.05) is 31.2 Å². The summed E-state index contributed by atoms with van der Waals surface area (Å²) in [6.45, 7) is 11.9. The van der Waals surface area contributed by atoms with Crippen LogP contribution in [0.5, 0.6) is 0 Å². The number of hydrogen-bond donors (Lipinski definition) is 2. The summed E-state index contributed by atoms with van der Waals surface area (Å²) in [4.78, 5) is 13.3. The monoisotopic (exact) mass is 352 g/mol. The van der Waals surface area contributed by atoms with E-state index in [1.54, 1.807) is 11.1 Å². The minimum Gasteiger partial charge on any atom is -0.380 e. The Balaban J connectivity index is 1.46. The van der Waals surface area contributed by atoms with Crippen molar-refractivity contribution in [3.63, 3.8) is 0 Å². The molecule has 2 heterocycles. The molecule has 3 N–H and O–H groups in total. The number of aryl methyl sites for hydroxylation is 1. The summed E-state index contributed by atoms with van der Waals surface area (Å²) in [5.41, 5.74) is 12.3. The van der Waals surface area contributed by atoms with E-state index in [9.17, 15) is 4.79 Å². The number of benzene rings is 1. The lowest BCUT2D eigenvalue weighted by atomic mass is 9.61. The average molecular weight is 352 g/mol. The summed E-state index contributed by atoms with van der Waals surface area (Å²) in [7, 11) is 2.42. The summed E-state index contributed by atoms with van der Waals surface area (Å²) in [5.74, 6) is 0.718. The predicted molar refractivity (Wildman–Crippen MR) is 108 cm³/mol. The van der Waals surface area contributed by atoms with Gasteiger partial charge in [0.25, 0.3) is 0 Å². The Labute approximate surface area is 158 Å². The van der Waals surface area contributed by atoms with Gasteiger partial charge in [-0.3, -0.25) is 4.79 Å². The third-order valence-corrected chi connectivity index (χ3v) is 5.93. The molecule has 1 fully saturated rings. The number of hydrogen-bond acceptors (Lipinski definition) is 3. The molecule has 2 aliphatic rings. The molecule has 0 aliphatic carbocycles. The number of nitrogens with zero attached hydrogens (tertiary/aromatic N) is 1. The number of carbonyl (C=O) groups is 1. The van der Waals surface area contributed by atoms with Crippen LogP contribution in [0.25, 0.3) is 0 Å². The fourth-order valence-electron chi connectivity index (χ4n) is 4.24. The van der Waals surface area contributed by atoms with Crippen LogP contribution in [0.1, 0.15) is 29.2 Å². The first-order valence-corrected chi connectivity index (χ1v) is 9.79. The lowest BCUT2D eigenvalue weighted by Gasteiger charge is -2.41. The minimum atomic E-state index is -0.347. The Bertz CT molecular complexity index is 682. The molecule has 0 spiro atoms. The van der Waals surface area contributed by atoms with Gasteiger partial charge in [0.1, 0.15) is 7.28 Å². The first-order valence-electron chi connectivity index (χ1n) is 9.79. The van der Waals surface area contributed by atoms with Crippen LogP contribution in [0.3, 0.4) is 0 Å². The lowest BCUT2D eigenvalue weighted by Crippen LogP contribution is -2.49. The van der Waals surface area contributed by atoms with E-state index in [2.05, 4.69) is 50.1 Å². The molecule has 1 aromatic rings. The Hall–Kier alpha value is -1.75. The zero-order valence-electron chi connectivity index (χ0n) is 16.2. The second kappa shape index (κ2) is 8.30. The van der Waals surface area contributed by atoms with Crippen LogP contribution in [-0.4, -0.2) is 44.3 Å². The molecule has 1 unspecified atom stereocenters. The Kier molecular flexibility index (Phi) is 6.07. The van der Waals surface area contributed by atoms with E-state index in [1.807, 2.05) is 0 Å². The van der Waals surface area contributed by atoms with Crippen molar-refractivity contribution in [2.75, 3.05) is 26.2 Å². The van der Waals surface area contributed by atoms with Gasteiger partial charge >= 0.3 is 0 Å². The van der Waals surface area contributed by atoms with E-state index >= 15 is 0 Å². The van der Waals surface area contributed by atoms with E-state index in [1.165, 1.54) is 30.3 Å². The lowest BCUT2D eigenvalue weighted by molar-refractivity contribution is -0.117. The van der Waals surface area contributed by atoms with Gasteiger partial charge in [0.05, 0.1) is 6.54 Å². The molecule has 4 nitrogen and oxygen atoms in total. The maximum absolute atomic E-state index is 10.9. The minimum absolute atomic E-state index is 0.167. The molecule has 139 valence electrons. The summed E-state index contributed by atoms with van der Waals surface area (Å²) in [6, 6.07) is 4.72. The van der Waals surface area contributed by atoms with Gasteiger partial charge < -0.3 is 16.0 Å². The molecule has 5 heteroatoms. The molecule has 1 radical (unpaired) electrons. The van der Waals surface area contributed by atoms with Crippen molar-refractivity contribution in [3.05, 3.63) is 46.7 Å². The van der Waals surface area contributed by atoms with Crippen LogP contribution in [0.2, 0.25) is 6.32 Å². The zero-order chi connectivity index (χ0) is 18.7. The van der Waals surface area contributed by atoms with Crippen LogP contribution in [0.15, 0.2) is 24.4 Å². The molecular weight excluding hydrogens is 321 g/mol. The number of amides is 1. The Morgan fingerprint density at radius 3 is 2.96 bits per heavy atom. The summed E-state index contributed by atoms with van der Waals surface area (Å²) in [5, 5.41) is 3.02. The highest BCUT2D eigenvalue weighted by molar-refractivity contribution is 6.35. The highest BCUT2D eigenvalue weighted by Crippen LogP contribution is 2.28. The van der Waals surface area contributed by atoms with Crippen molar-refractivity contribution in [1.82, 2.24) is 10.2 Å². The van der Waals surface area contributed by atoms with Gasteiger partial charge in [-0.2, -0.15) is 0 Å². The van der Waals surface area contributed by atoms with E-state index < -0.39 is 0 Å². The number of carbonyl (C=O) groups excluding carboxylic acids is 1. The number of primary amides is 1. The number of nitrogens with one attached hydrogen (secondary N) is 1. The van der Waals surface area contributed by atoms with Crippen LogP contribution in [0.4, 0.5) is 0 Å². The van der Waals surface area contributed by atoms with E-state index in [-0.39, 0.29) is 12.5 Å². The van der Waals surface area contributed by atoms with Crippen LogP contribution in [-0.2, 0) is 24.0 Å². The summed E-state index contributed by atoms with van der Waals surface area (Å²) < 4.78 is 0. The quantitative estimate of drug-likeness (QED) is 0.703. The topological polar surface area (TPSA) is 58.4 Å². The zero-order valence-corrected chi connectivity index (χ0v) is 16.2. The second-order valence-electron chi connectivity index (χ2n) is 8.05. The number of nitrogens with two attached hydrogens (primary N) is 1. The molecule has 1 aromatic carbocycles. The molecular formula is C21H31BN3O. The average Bonchev–Trinajstić information content (AvgIpc) is 2.59. The van der Waals surface area contributed by atoms with Crippen molar-refractivity contribution < 1.29 is 4.79 Å². The molecule has 0 saturated carbocycles.